The molecule has 1 aromatic carbocycles. The first kappa shape index (κ1) is 13.2. The summed E-state index contributed by atoms with van der Waals surface area (Å²) in [6.45, 7) is 7.36. The number of ether oxygens (including phenoxy) is 1. The molecule has 1 atom stereocenters. The Morgan fingerprint density at radius 1 is 1.28 bits per heavy atom. The third kappa shape index (κ3) is 2.78. The third-order valence-electron chi connectivity index (χ3n) is 3.49. The van der Waals surface area contributed by atoms with Crippen LogP contribution in [-0.4, -0.2) is 35.7 Å². The molecule has 0 bridgehead atoms. The van der Waals surface area contributed by atoms with Crippen molar-refractivity contribution in [1.82, 2.24) is 4.90 Å². The summed E-state index contributed by atoms with van der Waals surface area (Å²) < 4.78 is 5.75. The minimum Gasteiger partial charge on any atom is -0.504 e. The summed E-state index contributed by atoms with van der Waals surface area (Å²) >= 11 is 0. The largest absolute Gasteiger partial charge is 0.504 e. The smallest absolute Gasteiger partial charge is 0.164 e. The predicted octanol–water partition coefficient (Wildman–Crippen LogP) is 2.82. The van der Waals surface area contributed by atoms with Crippen LogP contribution in [0.25, 0.3) is 0 Å². The normalized spacial score (nSPS) is 18.5. The quantitative estimate of drug-likeness (QED) is 0.871. The van der Waals surface area contributed by atoms with Crippen molar-refractivity contribution in [3.05, 3.63) is 23.8 Å². The van der Waals surface area contributed by atoms with Crippen molar-refractivity contribution in [1.29, 1.82) is 0 Å². The van der Waals surface area contributed by atoms with Gasteiger partial charge in [-0.2, -0.15) is 0 Å². The summed E-state index contributed by atoms with van der Waals surface area (Å²) in [5.74, 6) is 0.949. The van der Waals surface area contributed by atoms with E-state index in [0.717, 1.165) is 25.1 Å². The topological polar surface area (TPSA) is 32.7 Å². The van der Waals surface area contributed by atoms with Crippen molar-refractivity contribution >= 4 is 0 Å². The number of para-hydroxylation sites is 1. The number of phenolic OH excluding ortho intramolecular Hbond substituents is 1. The number of benzene rings is 1. The number of hydrogen-bond acceptors (Lipinski definition) is 3. The molecular formula is C15H23NO2. The van der Waals surface area contributed by atoms with E-state index in [0.29, 0.717) is 18.4 Å². The van der Waals surface area contributed by atoms with Crippen LogP contribution < -0.4 is 4.74 Å². The summed E-state index contributed by atoms with van der Waals surface area (Å²) in [4.78, 5) is 2.51. The molecule has 1 heterocycles. The molecule has 0 fully saturated rings. The van der Waals surface area contributed by atoms with E-state index in [-0.39, 0.29) is 5.75 Å². The van der Waals surface area contributed by atoms with Crippen LogP contribution >= 0.6 is 0 Å². The van der Waals surface area contributed by atoms with Crippen molar-refractivity contribution in [2.75, 3.05) is 19.7 Å². The summed E-state index contributed by atoms with van der Waals surface area (Å²) in [6.07, 6.45) is 3.32. The van der Waals surface area contributed by atoms with Gasteiger partial charge in [0, 0.05) is 6.04 Å². The molecule has 18 heavy (non-hydrogen) atoms. The second-order valence-electron chi connectivity index (χ2n) is 4.97. The van der Waals surface area contributed by atoms with Crippen LogP contribution in [0.1, 0.15) is 32.3 Å². The molecule has 0 saturated heterocycles. The van der Waals surface area contributed by atoms with E-state index in [2.05, 4.69) is 24.8 Å². The van der Waals surface area contributed by atoms with E-state index < -0.39 is 0 Å². The lowest BCUT2D eigenvalue weighted by atomic mass is 10.0. The van der Waals surface area contributed by atoms with Crippen LogP contribution in [0.15, 0.2) is 18.2 Å². The van der Waals surface area contributed by atoms with Crippen LogP contribution in [0.2, 0.25) is 0 Å². The molecule has 0 amide bonds. The van der Waals surface area contributed by atoms with Crippen LogP contribution in [0.5, 0.6) is 11.5 Å². The van der Waals surface area contributed by atoms with Gasteiger partial charge in [0.25, 0.3) is 0 Å². The summed E-state index contributed by atoms with van der Waals surface area (Å²) in [5, 5.41) is 9.75. The second-order valence-corrected chi connectivity index (χ2v) is 4.97. The van der Waals surface area contributed by atoms with Gasteiger partial charge in [-0.3, -0.25) is 4.90 Å². The molecule has 0 saturated carbocycles. The molecule has 100 valence electrons. The van der Waals surface area contributed by atoms with Crippen LogP contribution in [0.3, 0.4) is 0 Å². The van der Waals surface area contributed by atoms with E-state index in [9.17, 15) is 5.11 Å². The van der Waals surface area contributed by atoms with Crippen LogP contribution in [-0.2, 0) is 6.42 Å². The van der Waals surface area contributed by atoms with Gasteiger partial charge in [0.1, 0.15) is 6.61 Å². The Morgan fingerprint density at radius 3 is 2.67 bits per heavy atom. The zero-order valence-corrected chi connectivity index (χ0v) is 11.4. The lowest BCUT2D eigenvalue weighted by Crippen LogP contribution is -2.43. The van der Waals surface area contributed by atoms with E-state index in [4.69, 9.17) is 4.74 Å². The fourth-order valence-corrected chi connectivity index (χ4v) is 2.68. The maximum atomic E-state index is 9.75. The first-order chi connectivity index (χ1) is 8.76. The maximum Gasteiger partial charge on any atom is 0.164 e. The minimum atomic E-state index is 0.267. The van der Waals surface area contributed by atoms with Gasteiger partial charge in [0.15, 0.2) is 11.5 Å². The number of nitrogens with zero attached hydrogens (tertiary/aromatic N) is 1. The van der Waals surface area contributed by atoms with Gasteiger partial charge >= 0.3 is 0 Å². The summed E-state index contributed by atoms with van der Waals surface area (Å²) in [5.41, 5.74) is 1.13. The van der Waals surface area contributed by atoms with E-state index in [1.165, 1.54) is 12.8 Å². The zero-order chi connectivity index (χ0) is 13.0. The highest BCUT2D eigenvalue weighted by molar-refractivity contribution is 5.47. The number of fused-ring (bicyclic) bond motifs is 1. The predicted molar refractivity (Wildman–Crippen MR) is 73.2 cm³/mol. The third-order valence-corrected chi connectivity index (χ3v) is 3.49. The highest BCUT2D eigenvalue weighted by Gasteiger charge is 2.25. The highest BCUT2D eigenvalue weighted by atomic mass is 16.5. The zero-order valence-electron chi connectivity index (χ0n) is 11.4. The molecule has 0 radical (unpaired) electrons. The Kier molecular flexibility index (Phi) is 4.48. The average molecular weight is 249 g/mol. The molecule has 3 heteroatoms. The van der Waals surface area contributed by atoms with Gasteiger partial charge < -0.3 is 9.84 Å². The van der Waals surface area contributed by atoms with E-state index in [1.807, 2.05) is 6.07 Å². The van der Waals surface area contributed by atoms with E-state index >= 15 is 0 Å². The number of rotatable bonds is 5. The average Bonchev–Trinajstić information content (AvgIpc) is 2.38. The number of phenols is 1. The molecule has 1 aromatic rings. The molecule has 0 aliphatic carbocycles. The Labute approximate surface area is 109 Å². The highest BCUT2D eigenvalue weighted by Crippen LogP contribution is 2.34. The van der Waals surface area contributed by atoms with Crippen molar-refractivity contribution in [2.45, 2.75) is 39.2 Å². The molecule has 1 aliphatic rings. The minimum absolute atomic E-state index is 0.267. The first-order valence-corrected chi connectivity index (χ1v) is 6.94. The van der Waals surface area contributed by atoms with Gasteiger partial charge in [-0.25, -0.2) is 0 Å². The molecule has 2 rings (SSSR count). The summed E-state index contributed by atoms with van der Waals surface area (Å²) in [7, 11) is 0. The standard InChI is InChI=1S/C15H23NO2/c1-3-8-16(9-4-2)13-10-12-6-5-7-14(17)15(12)18-11-13/h5-7,13,17H,3-4,8-11H2,1-2H3/t13-/m1/s1. The Bertz CT molecular complexity index is 386. The SMILES string of the molecule is CCCN(CCC)[C@H]1COc2c(O)cccc2C1. The first-order valence-electron chi connectivity index (χ1n) is 6.94. The lowest BCUT2D eigenvalue weighted by molar-refractivity contribution is 0.116. The Balaban J connectivity index is 2.10. The Morgan fingerprint density at radius 2 is 2.00 bits per heavy atom. The second kappa shape index (κ2) is 6.10. The van der Waals surface area contributed by atoms with Gasteiger partial charge in [0.2, 0.25) is 0 Å². The molecule has 1 N–H and O–H groups in total. The molecule has 3 nitrogen and oxygen atoms in total. The van der Waals surface area contributed by atoms with Gasteiger partial charge in [-0.1, -0.05) is 26.0 Å². The van der Waals surface area contributed by atoms with Crippen molar-refractivity contribution < 1.29 is 9.84 Å². The number of hydrogen-bond donors (Lipinski definition) is 1. The van der Waals surface area contributed by atoms with Crippen molar-refractivity contribution in [2.24, 2.45) is 0 Å². The van der Waals surface area contributed by atoms with Gasteiger partial charge in [0.05, 0.1) is 0 Å². The van der Waals surface area contributed by atoms with Crippen LogP contribution in [0.4, 0.5) is 0 Å². The van der Waals surface area contributed by atoms with Crippen molar-refractivity contribution in [3.8, 4) is 11.5 Å². The molecule has 0 unspecified atom stereocenters. The fourth-order valence-electron chi connectivity index (χ4n) is 2.68. The van der Waals surface area contributed by atoms with Crippen molar-refractivity contribution in [3.63, 3.8) is 0 Å². The van der Waals surface area contributed by atoms with Gasteiger partial charge in [-0.15, -0.1) is 0 Å². The molecular weight excluding hydrogens is 226 g/mol. The maximum absolute atomic E-state index is 9.75. The van der Waals surface area contributed by atoms with E-state index in [1.54, 1.807) is 6.07 Å². The lowest BCUT2D eigenvalue weighted by Gasteiger charge is -2.35. The van der Waals surface area contributed by atoms with Crippen LogP contribution in [0, 0.1) is 0 Å². The number of aromatic hydroxyl groups is 1. The fraction of sp³-hybridized carbons (Fsp3) is 0.600. The monoisotopic (exact) mass is 249 g/mol. The Hall–Kier alpha value is -1.22. The molecule has 0 spiro atoms. The van der Waals surface area contributed by atoms with Gasteiger partial charge in [-0.05, 0) is 44.0 Å². The molecule has 1 aliphatic heterocycles. The molecule has 0 aromatic heterocycles. The summed E-state index contributed by atoms with van der Waals surface area (Å²) in [6, 6.07) is 6.08.